The normalized spacial score (nSPS) is 10.9. The summed E-state index contributed by atoms with van der Waals surface area (Å²) in [6.07, 6.45) is 5.02. The average Bonchev–Trinajstić information content (AvgIpc) is 3.21. The topological polar surface area (TPSA) is 65.4 Å². The highest BCUT2D eigenvalue weighted by Crippen LogP contribution is 2.24. The molecule has 0 fully saturated rings. The van der Waals surface area contributed by atoms with Crippen molar-refractivity contribution >= 4 is 45.3 Å². The van der Waals surface area contributed by atoms with Gasteiger partial charge in [0.25, 0.3) is 0 Å². The molecule has 0 bridgehead atoms. The van der Waals surface area contributed by atoms with Gasteiger partial charge in [0, 0.05) is 22.9 Å². The van der Waals surface area contributed by atoms with Crippen LogP contribution >= 0.6 is 27.5 Å². The van der Waals surface area contributed by atoms with Gasteiger partial charge < -0.3 is 14.8 Å². The summed E-state index contributed by atoms with van der Waals surface area (Å²) in [5.74, 6) is 1.65. The number of hydrogen-bond acceptors (Lipinski definition) is 4. The summed E-state index contributed by atoms with van der Waals surface area (Å²) in [7, 11) is 1.62. The largest absolute Gasteiger partial charge is 0.496 e. The van der Waals surface area contributed by atoms with Gasteiger partial charge in [0.05, 0.1) is 18.1 Å². The number of aromatic nitrogens is 2. The highest BCUT2D eigenvalue weighted by atomic mass is 79.9. The number of benzene rings is 3. The fourth-order valence-electron chi connectivity index (χ4n) is 3.36. The van der Waals surface area contributed by atoms with Crippen molar-refractivity contribution in [3.8, 4) is 11.5 Å². The molecule has 0 unspecified atom stereocenters. The molecular formula is C27H23BrClN3O3. The van der Waals surface area contributed by atoms with Gasteiger partial charge in [-0.05, 0) is 69.5 Å². The molecule has 3 aromatic carbocycles. The smallest absolute Gasteiger partial charge is 0.249 e. The third-order valence-electron chi connectivity index (χ3n) is 5.09. The summed E-state index contributed by atoms with van der Waals surface area (Å²) in [5.41, 5.74) is 2.77. The number of para-hydroxylation sites is 1. The molecule has 8 heteroatoms. The molecular weight excluding hydrogens is 530 g/mol. The van der Waals surface area contributed by atoms with Crippen molar-refractivity contribution in [1.29, 1.82) is 0 Å². The molecule has 178 valence electrons. The minimum absolute atomic E-state index is 0.291. The van der Waals surface area contributed by atoms with Crippen LogP contribution in [0, 0.1) is 0 Å². The number of carbonyl (C=O) groups is 1. The second-order valence-electron chi connectivity index (χ2n) is 7.65. The van der Waals surface area contributed by atoms with Crippen LogP contribution in [0.3, 0.4) is 0 Å². The third-order valence-corrected chi connectivity index (χ3v) is 5.92. The van der Waals surface area contributed by atoms with Gasteiger partial charge in [-0.15, -0.1) is 0 Å². The molecule has 4 aromatic rings. The second-order valence-corrected chi connectivity index (χ2v) is 8.94. The van der Waals surface area contributed by atoms with Gasteiger partial charge in [0.1, 0.15) is 18.1 Å². The number of ether oxygens (including phenoxy) is 2. The molecule has 0 spiro atoms. The molecule has 0 saturated carbocycles. The molecule has 0 atom stereocenters. The Morgan fingerprint density at radius 3 is 2.63 bits per heavy atom. The van der Waals surface area contributed by atoms with E-state index in [-0.39, 0.29) is 5.91 Å². The van der Waals surface area contributed by atoms with E-state index in [0.717, 1.165) is 28.2 Å². The van der Waals surface area contributed by atoms with Crippen molar-refractivity contribution < 1.29 is 14.3 Å². The zero-order valence-corrected chi connectivity index (χ0v) is 21.3. The second kappa shape index (κ2) is 11.7. The van der Waals surface area contributed by atoms with Crippen molar-refractivity contribution in [3.05, 3.63) is 111 Å². The van der Waals surface area contributed by atoms with Crippen molar-refractivity contribution in [2.45, 2.75) is 13.2 Å². The van der Waals surface area contributed by atoms with Gasteiger partial charge >= 0.3 is 0 Å². The fraction of sp³-hybridized carbons (Fsp3) is 0.111. The molecule has 0 aliphatic carbocycles. The van der Waals surface area contributed by atoms with Gasteiger partial charge in [-0.1, -0.05) is 48.0 Å². The van der Waals surface area contributed by atoms with Crippen molar-refractivity contribution in [1.82, 2.24) is 9.78 Å². The Balaban J connectivity index is 1.39. The van der Waals surface area contributed by atoms with E-state index in [2.05, 4.69) is 26.3 Å². The lowest BCUT2D eigenvalue weighted by Gasteiger charge is -2.11. The summed E-state index contributed by atoms with van der Waals surface area (Å²) in [6, 6.07) is 22.8. The van der Waals surface area contributed by atoms with Gasteiger partial charge in [-0.3, -0.25) is 9.48 Å². The van der Waals surface area contributed by atoms with Crippen molar-refractivity contribution in [3.63, 3.8) is 0 Å². The number of amides is 1. The maximum Gasteiger partial charge on any atom is 0.249 e. The van der Waals surface area contributed by atoms with Crippen LogP contribution in [0.5, 0.6) is 11.5 Å². The maximum absolute atomic E-state index is 12.5. The summed E-state index contributed by atoms with van der Waals surface area (Å²) >= 11 is 9.40. The number of nitrogens with one attached hydrogen (secondary N) is 1. The van der Waals surface area contributed by atoms with E-state index >= 15 is 0 Å². The first-order chi connectivity index (χ1) is 17.0. The Labute approximate surface area is 217 Å². The standard InChI is InChI=1S/C27H23BrClN3O3/c1-34-25-13-9-19(15-21(25)18-35-23-5-3-2-4-6-23)10-14-26(33)30-27-24(28)17-32(31-27)16-20-7-11-22(29)12-8-20/h2-15,17H,16,18H2,1H3,(H,30,31,33)/b14-10+. The number of rotatable bonds is 9. The number of hydrogen-bond donors (Lipinski definition) is 1. The highest BCUT2D eigenvalue weighted by molar-refractivity contribution is 9.10. The van der Waals surface area contributed by atoms with Crippen LogP contribution < -0.4 is 14.8 Å². The van der Waals surface area contributed by atoms with E-state index in [4.69, 9.17) is 21.1 Å². The van der Waals surface area contributed by atoms with Gasteiger partial charge in [0.15, 0.2) is 5.82 Å². The SMILES string of the molecule is COc1ccc(/C=C/C(=O)Nc2nn(Cc3ccc(Cl)cc3)cc2Br)cc1COc1ccccc1. The molecule has 4 rings (SSSR count). The van der Waals surface area contributed by atoms with Crippen LogP contribution in [-0.2, 0) is 17.9 Å². The number of anilines is 1. The molecule has 0 saturated heterocycles. The lowest BCUT2D eigenvalue weighted by molar-refractivity contribution is -0.111. The molecule has 1 aromatic heterocycles. The summed E-state index contributed by atoms with van der Waals surface area (Å²) in [5, 5.41) is 7.94. The number of methoxy groups -OCH3 is 1. The highest BCUT2D eigenvalue weighted by Gasteiger charge is 2.10. The average molecular weight is 553 g/mol. The summed E-state index contributed by atoms with van der Waals surface area (Å²) < 4.78 is 13.7. The lowest BCUT2D eigenvalue weighted by atomic mass is 10.1. The molecule has 0 aliphatic heterocycles. The molecule has 35 heavy (non-hydrogen) atoms. The first kappa shape index (κ1) is 24.6. The number of nitrogens with zero attached hydrogens (tertiary/aromatic N) is 2. The number of halogens is 2. The third kappa shape index (κ3) is 6.97. The predicted molar refractivity (Wildman–Crippen MR) is 142 cm³/mol. The molecule has 6 nitrogen and oxygen atoms in total. The first-order valence-corrected chi connectivity index (χ1v) is 12.0. The molecule has 1 heterocycles. The minimum Gasteiger partial charge on any atom is -0.496 e. The van der Waals surface area contributed by atoms with E-state index in [0.29, 0.717) is 28.5 Å². The van der Waals surface area contributed by atoms with Crippen LogP contribution in [0.15, 0.2) is 89.5 Å². The van der Waals surface area contributed by atoms with Crippen LogP contribution in [0.1, 0.15) is 16.7 Å². The van der Waals surface area contributed by atoms with Crippen LogP contribution in [0.4, 0.5) is 5.82 Å². The number of carbonyl (C=O) groups excluding carboxylic acids is 1. The quantitative estimate of drug-likeness (QED) is 0.238. The van der Waals surface area contributed by atoms with E-state index in [9.17, 15) is 4.79 Å². The predicted octanol–water partition coefficient (Wildman–Crippen LogP) is 6.59. The van der Waals surface area contributed by atoms with E-state index in [1.54, 1.807) is 17.9 Å². The van der Waals surface area contributed by atoms with Gasteiger partial charge in [0.2, 0.25) is 5.91 Å². The van der Waals surface area contributed by atoms with Gasteiger partial charge in [-0.25, -0.2) is 0 Å². The van der Waals surface area contributed by atoms with Gasteiger partial charge in [-0.2, -0.15) is 5.10 Å². The Hall–Kier alpha value is -3.55. The maximum atomic E-state index is 12.5. The van der Waals surface area contributed by atoms with E-state index < -0.39 is 0 Å². The van der Waals surface area contributed by atoms with E-state index in [1.165, 1.54) is 6.08 Å². The fourth-order valence-corrected chi connectivity index (χ4v) is 3.90. The summed E-state index contributed by atoms with van der Waals surface area (Å²) in [4.78, 5) is 12.5. The van der Waals surface area contributed by atoms with Crippen LogP contribution in [0.2, 0.25) is 5.02 Å². The Bertz CT molecular complexity index is 1320. The van der Waals surface area contributed by atoms with Crippen molar-refractivity contribution in [2.75, 3.05) is 12.4 Å². The van der Waals surface area contributed by atoms with Crippen LogP contribution in [-0.4, -0.2) is 22.8 Å². The first-order valence-electron chi connectivity index (χ1n) is 10.8. The lowest BCUT2D eigenvalue weighted by Crippen LogP contribution is -2.09. The Morgan fingerprint density at radius 1 is 1.11 bits per heavy atom. The zero-order valence-electron chi connectivity index (χ0n) is 18.9. The minimum atomic E-state index is -0.291. The summed E-state index contributed by atoms with van der Waals surface area (Å²) in [6.45, 7) is 0.903. The molecule has 1 N–H and O–H groups in total. The van der Waals surface area contributed by atoms with E-state index in [1.807, 2.05) is 79.0 Å². The van der Waals surface area contributed by atoms with Crippen LogP contribution in [0.25, 0.3) is 6.08 Å². The molecule has 0 radical (unpaired) electrons. The zero-order chi connectivity index (χ0) is 24.6. The Kier molecular flexibility index (Phi) is 8.23. The molecule has 0 aliphatic rings. The van der Waals surface area contributed by atoms with Crippen molar-refractivity contribution in [2.24, 2.45) is 0 Å². The molecule has 1 amide bonds. The monoisotopic (exact) mass is 551 g/mol. The Morgan fingerprint density at radius 2 is 1.89 bits per heavy atom.